The second-order valence-electron chi connectivity index (χ2n) is 5.33. The van der Waals surface area contributed by atoms with Crippen molar-refractivity contribution in [2.75, 3.05) is 6.61 Å². The number of allylic oxidation sites excluding steroid dienone is 1. The molecule has 3 heteroatoms. The molecule has 0 unspecified atom stereocenters. The number of hydrogen-bond acceptors (Lipinski definition) is 2. The maximum Gasteiger partial charge on any atom is 0.330 e. The van der Waals surface area contributed by atoms with E-state index in [2.05, 4.69) is 36.9 Å². The molecule has 1 saturated heterocycles. The lowest BCUT2D eigenvalue weighted by Gasteiger charge is -2.35. The maximum atomic E-state index is 11.8. The quantitative estimate of drug-likeness (QED) is 0.481. The van der Waals surface area contributed by atoms with Crippen molar-refractivity contribution < 1.29 is 9.53 Å². The molecule has 0 saturated carbocycles. The van der Waals surface area contributed by atoms with Gasteiger partial charge in [0.15, 0.2) is 0 Å². The molecule has 1 aromatic carbocycles. The van der Waals surface area contributed by atoms with E-state index in [0.717, 1.165) is 6.42 Å². The third kappa shape index (κ3) is 3.15. The molecule has 1 atom stereocenters. The average Bonchev–Trinajstić information content (AvgIpc) is 2.43. The maximum absolute atomic E-state index is 11.8. The van der Waals surface area contributed by atoms with Crippen LogP contribution < -0.4 is 5.19 Å². The first kappa shape index (κ1) is 14.1. The Morgan fingerprint density at radius 2 is 2.05 bits per heavy atom. The predicted molar refractivity (Wildman–Crippen MR) is 81.1 cm³/mol. The van der Waals surface area contributed by atoms with Crippen LogP contribution in [0, 0.1) is 0 Å². The van der Waals surface area contributed by atoms with Crippen LogP contribution in [0.1, 0.15) is 26.2 Å². The van der Waals surface area contributed by atoms with E-state index in [0.29, 0.717) is 6.61 Å². The minimum absolute atomic E-state index is 0.172. The largest absolute Gasteiger partial charge is 0.463 e. The Labute approximate surface area is 116 Å². The Morgan fingerprint density at radius 3 is 2.74 bits per heavy atom. The first-order valence-corrected chi connectivity index (χ1v) is 9.81. The van der Waals surface area contributed by atoms with E-state index in [1.54, 1.807) is 6.08 Å². The summed E-state index contributed by atoms with van der Waals surface area (Å²) >= 11 is 0. The fourth-order valence-electron chi connectivity index (χ4n) is 2.92. The number of rotatable bonds is 3. The molecule has 0 spiro atoms. The van der Waals surface area contributed by atoms with Gasteiger partial charge in [-0.05, 0) is 19.4 Å². The summed E-state index contributed by atoms with van der Waals surface area (Å²) in [5.74, 6) is -0.172. The molecule has 1 aliphatic rings. The summed E-state index contributed by atoms with van der Waals surface area (Å²) in [7, 11) is -1.67. The van der Waals surface area contributed by atoms with Gasteiger partial charge in [0.25, 0.3) is 0 Å². The Balaban J connectivity index is 2.32. The van der Waals surface area contributed by atoms with Gasteiger partial charge in [-0.2, -0.15) is 0 Å². The summed E-state index contributed by atoms with van der Waals surface area (Å²) in [5, 5.41) is 2.79. The van der Waals surface area contributed by atoms with Crippen molar-refractivity contribution in [3.05, 3.63) is 41.6 Å². The summed E-state index contributed by atoms with van der Waals surface area (Å²) in [6.07, 6.45) is 5.30. The van der Waals surface area contributed by atoms with Gasteiger partial charge in [0.2, 0.25) is 0 Å². The Kier molecular flexibility index (Phi) is 4.59. The summed E-state index contributed by atoms with van der Waals surface area (Å²) in [5.41, 5.74) is 0. The minimum atomic E-state index is -1.67. The zero-order chi connectivity index (χ0) is 13.7. The van der Waals surface area contributed by atoms with E-state index in [9.17, 15) is 4.79 Å². The number of hydrogen-bond donors (Lipinski definition) is 0. The van der Waals surface area contributed by atoms with Crippen LogP contribution in [0.15, 0.2) is 41.6 Å². The van der Waals surface area contributed by atoms with Crippen LogP contribution in [0.5, 0.6) is 0 Å². The van der Waals surface area contributed by atoms with Gasteiger partial charge < -0.3 is 4.74 Å². The van der Waals surface area contributed by atoms with Crippen molar-refractivity contribution in [3.8, 4) is 0 Å². The number of esters is 1. The molecule has 0 N–H and O–H groups in total. The van der Waals surface area contributed by atoms with Gasteiger partial charge in [0, 0.05) is 6.08 Å². The lowest BCUT2D eigenvalue weighted by atomic mass is 10.2. The Morgan fingerprint density at radius 1 is 1.32 bits per heavy atom. The van der Waals surface area contributed by atoms with Gasteiger partial charge in [-0.15, -0.1) is 0 Å². The standard InChI is InChI=1S/C16H22O2Si/c1-3-18-16(17)13-15-11-7-8-12-19(15,2)14-9-5-4-6-10-14/h4-6,9-10,13H,3,7-8,11-12H2,1-2H3/b15-13+/t19-/m1/s1. The molecule has 0 radical (unpaired) electrons. The molecule has 0 aromatic heterocycles. The highest BCUT2D eigenvalue weighted by Crippen LogP contribution is 2.32. The van der Waals surface area contributed by atoms with E-state index in [1.807, 2.05) is 6.92 Å². The van der Waals surface area contributed by atoms with Crippen molar-refractivity contribution in [1.29, 1.82) is 0 Å². The van der Waals surface area contributed by atoms with Crippen LogP contribution in [-0.4, -0.2) is 20.7 Å². The van der Waals surface area contributed by atoms with E-state index in [4.69, 9.17) is 4.74 Å². The highest BCUT2D eigenvalue weighted by atomic mass is 28.3. The Bertz CT molecular complexity index is 467. The number of benzene rings is 1. The smallest absolute Gasteiger partial charge is 0.330 e. The molecule has 0 bridgehead atoms. The van der Waals surface area contributed by atoms with Crippen LogP contribution in [0.4, 0.5) is 0 Å². The normalized spacial score (nSPS) is 25.3. The van der Waals surface area contributed by atoms with Crippen molar-refractivity contribution in [2.24, 2.45) is 0 Å². The molecule has 1 aliphatic heterocycles. The van der Waals surface area contributed by atoms with Crippen LogP contribution in [0.25, 0.3) is 0 Å². The topological polar surface area (TPSA) is 26.3 Å². The van der Waals surface area contributed by atoms with Gasteiger partial charge in [0.05, 0.1) is 6.61 Å². The molecule has 1 aromatic rings. The van der Waals surface area contributed by atoms with E-state index in [-0.39, 0.29) is 5.97 Å². The van der Waals surface area contributed by atoms with E-state index in [1.165, 1.54) is 29.3 Å². The monoisotopic (exact) mass is 274 g/mol. The molecule has 0 aliphatic carbocycles. The predicted octanol–water partition coefficient (Wildman–Crippen LogP) is 3.18. The first-order chi connectivity index (χ1) is 9.16. The second-order valence-corrected chi connectivity index (χ2v) is 9.71. The molecule has 2 rings (SSSR count). The average molecular weight is 274 g/mol. The summed E-state index contributed by atoms with van der Waals surface area (Å²) in [4.78, 5) is 11.8. The summed E-state index contributed by atoms with van der Waals surface area (Å²) < 4.78 is 5.08. The fraction of sp³-hybridized carbons (Fsp3) is 0.438. The van der Waals surface area contributed by atoms with Crippen molar-refractivity contribution in [3.63, 3.8) is 0 Å². The SMILES string of the molecule is CCOC(=O)/C=C1\CCCC[Si@]1(C)c1ccccc1. The molecule has 1 heterocycles. The third-order valence-corrected chi connectivity index (χ3v) is 8.84. The van der Waals surface area contributed by atoms with Gasteiger partial charge in [-0.1, -0.05) is 60.1 Å². The number of carbonyl (C=O) groups is 1. The zero-order valence-electron chi connectivity index (χ0n) is 11.8. The first-order valence-electron chi connectivity index (χ1n) is 7.10. The number of carbonyl (C=O) groups excluding carboxylic acids is 1. The fourth-order valence-corrected chi connectivity index (χ4v) is 6.95. The van der Waals surface area contributed by atoms with E-state index >= 15 is 0 Å². The molecule has 102 valence electrons. The van der Waals surface area contributed by atoms with Gasteiger partial charge in [-0.25, -0.2) is 4.79 Å². The van der Waals surface area contributed by atoms with Crippen molar-refractivity contribution >= 4 is 19.2 Å². The number of ether oxygens (including phenoxy) is 1. The van der Waals surface area contributed by atoms with Gasteiger partial charge in [0.1, 0.15) is 8.07 Å². The molecular weight excluding hydrogens is 252 g/mol. The van der Waals surface area contributed by atoms with Crippen molar-refractivity contribution in [1.82, 2.24) is 0 Å². The van der Waals surface area contributed by atoms with Crippen LogP contribution in [0.2, 0.25) is 12.6 Å². The zero-order valence-corrected chi connectivity index (χ0v) is 12.8. The highest BCUT2D eigenvalue weighted by molar-refractivity contribution is 6.97. The van der Waals surface area contributed by atoms with Gasteiger partial charge in [-0.3, -0.25) is 0 Å². The van der Waals surface area contributed by atoms with Crippen LogP contribution >= 0.6 is 0 Å². The highest BCUT2D eigenvalue weighted by Gasteiger charge is 2.36. The summed E-state index contributed by atoms with van der Waals surface area (Å²) in [6.45, 7) is 4.68. The van der Waals surface area contributed by atoms with Crippen molar-refractivity contribution in [2.45, 2.75) is 38.8 Å². The lowest BCUT2D eigenvalue weighted by molar-refractivity contribution is -0.137. The molecular formula is C16H22O2Si. The van der Waals surface area contributed by atoms with Gasteiger partial charge >= 0.3 is 5.97 Å². The molecule has 1 fully saturated rings. The Hall–Kier alpha value is -1.35. The minimum Gasteiger partial charge on any atom is -0.463 e. The second kappa shape index (κ2) is 6.20. The summed E-state index contributed by atoms with van der Waals surface area (Å²) in [6, 6.07) is 11.9. The lowest BCUT2D eigenvalue weighted by Crippen LogP contribution is -2.48. The van der Waals surface area contributed by atoms with E-state index < -0.39 is 8.07 Å². The third-order valence-electron chi connectivity index (χ3n) is 4.07. The van der Waals surface area contributed by atoms with Crippen LogP contribution in [0.3, 0.4) is 0 Å². The molecule has 19 heavy (non-hydrogen) atoms. The van der Waals surface area contributed by atoms with Crippen LogP contribution in [-0.2, 0) is 9.53 Å². The molecule has 2 nitrogen and oxygen atoms in total. The molecule has 0 amide bonds.